The maximum absolute atomic E-state index is 10.8. The summed E-state index contributed by atoms with van der Waals surface area (Å²) >= 11 is 0. The van der Waals surface area contributed by atoms with Gasteiger partial charge in [-0.15, -0.1) is 0 Å². The first-order chi connectivity index (χ1) is 6.09. The van der Waals surface area contributed by atoms with E-state index in [0.717, 1.165) is 0 Å². The van der Waals surface area contributed by atoms with Gasteiger partial charge in [0, 0.05) is 25.6 Å². The molecule has 2 unspecified atom stereocenters. The molecule has 13 heavy (non-hydrogen) atoms. The van der Waals surface area contributed by atoms with Gasteiger partial charge in [-0.3, -0.25) is 9.59 Å². The minimum Gasteiger partial charge on any atom is -0.481 e. The van der Waals surface area contributed by atoms with Crippen molar-refractivity contribution in [2.75, 3.05) is 13.1 Å². The fourth-order valence-corrected chi connectivity index (χ4v) is 1.18. The molecule has 5 nitrogen and oxygen atoms in total. The summed E-state index contributed by atoms with van der Waals surface area (Å²) in [5, 5.41) is 14.3. The fraction of sp³-hybridized carbons (Fsp3) is 0.750. The Balaban J connectivity index is 2.19. The molecule has 0 spiro atoms. The molecule has 2 atom stereocenters. The number of carboxylic acids is 1. The zero-order valence-electron chi connectivity index (χ0n) is 7.54. The summed E-state index contributed by atoms with van der Waals surface area (Å²) in [5.74, 6) is -1.19. The lowest BCUT2D eigenvalue weighted by Crippen LogP contribution is -2.36. The Morgan fingerprint density at radius 1 is 1.85 bits per heavy atom. The smallest absolute Gasteiger partial charge is 0.307 e. The van der Waals surface area contributed by atoms with Crippen molar-refractivity contribution in [3.05, 3.63) is 0 Å². The molecule has 1 aliphatic heterocycles. The van der Waals surface area contributed by atoms with Crippen molar-refractivity contribution in [2.45, 2.75) is 19.4 Å². The molecular weight excluding hydrogens is 172 g/mol. The summed E-state index contributed by atoms with van der Waals surface area (Å²) in [6.07, 6.45) is 0.451. The minimum atomic E-state index is -0.815. The molecule has 1 heterocycles. The van der Waals surface area contributed by atoms with E-state index in [9.17, 15) is 9.59 Å². The van der Waals surface area contributed by atoms with E-state index < -0.39 is 11.9 Å². The van der Waals surface area contributed by atoms with E-state index in [2.05, 4.69) is 10.6 Å². The number of hydrogen-bond donors (Lipinski definition) is 3. The van der Waals surface area contributed by atoms with Crippen LogP contribution in [0.25, 0.3) is 0 Å². The molecular formula is C8H14N2O3. The molecule has 0 aromatic rings. The van der Waals surface area contributed by atoms with Gasteiger partial charge in [-0.25, -0.2) is 0 Å². The maximum atomic E-state index is 10.8. The van der Waals surface area contributed by atoms with Gasteiger partial charge in [0.05, 0.1) is 5.92 Å². The topological polar surface area (TPSA) is 78.4 Å². The minimum absolute atomic E-state index is 0.0282. The van der Waals surface area contributed by atoms with Gasteiger partial charge in [0.25, 0.3) is 0 Å². The lowest BCUT2D eigenvalue weighted by atomic mass is 10.1. The first-order valence-corrected chi connectivity index (χ1v) is 4.32. The van der Waals surface area contributed by atoms with Gasteiger partial charge in [0.1, 0.15) is 0 Å². The largest absolute Gasteiger partial charge is 0.481 e. The SMILES string of the molecule is CC(CNC1CNC(=O)C1)C(=O)O. The molecule has 0 bridgehead atoms. The molecule has 3 N–H and O–H groups in total. The Labute approximate surface area is 76.5 Å². The Hall–Kier alpha value is -1.10. The second kappa shape index (κ2) is 4.23. The lowest BCUT2D eigenvalue weighted by Gasteiger charge is -2.12. The molecule has 1 aliphatic rings. The molecule has 0 aromatic carbocycles. The number of aliphatic carboxylic acids is 1. The van der Waals surface area contributed by atoms with Crippen LogP contribution in [0.2, 0.25) is 0 Å². The van der Waals surface area contributed by atoms with Gasteiger partial charge >= 0.3 is 5.97 Å². The monoisotopic (exact) mass is 186 g/mol. The summed E-state index contributed by atoms with van der Waals surface area (Å²) < 4.78 is 0. The predicted molar refractivity (Wildman–Crippen MR) is 46.2 cm³/mol. The maximum Gasteiger partial charge on any atom is 0.307 e. The highest BCUT2D eigenvalue weighted by atomic mass is 16.4. The van der Waals surface area contributed by atoms with Crippen molar-refractivity contribution < 1.29 is 14.7 Å². The van der Waals surface area contributed by atoms with Gasteiger partial charge in [-0.2, -0.15) is 0 Å². The van der Waals surface area contributed by atoms with Crippen molar-refractivity contribution in [1.82, 2.24) is 10.6 Å². The highest BCUT2D eigenvalue weighted by Gasteiger charge is 2.22. The van der Waals surface area contributed by atoms with Crippen molar-refractivity contribution in [3.63, 3.8) is 0 Å². The van der Waals surface area contributed by atoms with Gasteiger partial charge < -0.3 is 15.7 Å². The van der Waals surface area contributed by atoms with Gasteiger partial charge in [-0.05, 0) is 0 Å². The summed E-state index contributed by atoms with van der Waals surface area (Å²) in [6.45, 7) is 2.65. The quantitative estimate of drug-likeness (QED) is 0.536. The van der Waals surface area contributed by atoms with Gasteiger partial charge in [-0.1, -0.05) is 6.92 Å². The predicted octanol–water partition coefficient (Wildman–Crippen LogP) is -0.815. The van der Waals surface area contributed by atoms with Crippen LogP contribution in [0.4, 0.5) is 0 Å². The van der Waals surface area contributed by atoms with Gasteiger partial charge in [0.15, 0.2) is 0 Å². The third kappa shape index (κ3) is 3.02. The van der Waals surface area contributed by atoms with Crippen LogP contribution < -0.4 is 10.6 Å². The second-order valence-corrected chi connectivity index (χ2v) is 3.35. The molecule has 5 heteroatoms. The zero-order valence-corrected chi connectivity index (χ0v) is 7.54. The fourth-order valence-electron chi connectivity index (χ4n) is 1.18. The van der Waals surface area contributed by atoms with Crippen LogP contribution in [-0.2, 0) is 9.59 Å². The van der Waals surface area contributed by atoms with Crippen LogP contribution >= 0.6 is 0 Å². The van der Waals surface area contributed by atoms with Crippen molar-refractivity contribution in [3.8, 4) is 0 Å². The van der Waals surface area contributed by atoms with Crippen molar-refractivity contribution in [2.24, 2.45) is 5.92 Å². The number of hydrogen-bond acceptors (Lipinski definition) is 3. The average Bonchev–Trinajstić information content (AvgIpc) is 2.47. The van der Waals surface area contributed by atoms with Gasteiger partial charge in [0.2, 0.25) is 5.91 Å². The van der Waals surface area contributed by atoms with Crippen LogP contribution in [0.5, 0.6) is 0 Å². The Morgan fingerprint density at radius 2 is 2.54 bits per heavy atom. The molecule has 0 aliphatic carbocycles. The van der Waals surface area contributed by atoms with E-state index in [1.54, 1.807) is 6.92 Å². The molecule has 0 saturated carbocycles. The van der Waals surface area contributed by atoms with E-state index >= 15 is 0 Å². The summed E-state index contributed by atoms with van der Waals surface area (Å²) in [7, 11) is 0. The van der Waals surface area contributed by atoms with E-state index in [1.807, 2.05) is 0 Å². The summed E-state index contributed by atoms with van der Waals surface area (Å²) in [5.41, 5.74) is 0. The first kappa shape index (κ1) is 9.98. The number of nitrogens with one attached hydrogen (secondary N) is 2. The third-order valence-electron chi connectivity index (χ3n) is 2.11. The first-order valence-electron chi connectivity index (χ1n) is 4.32. The number of carbonyl (C=O) groups is 2. The third-order valence-corrected chi connectivity index (χ3v) is 2.11. The molecule has 0 aromatic heterocycles. The van der Waals surface area contributed by atoms with Crippen LogP contribution in [-0.4, -0.2) is 36.1 Å². The molecule has 74 valence electrons. The van der Waals surface area contributed by atoms with E-state index in [1.165, 1.54) is 0 Å². The number of amides is 1. The summed E-state index contributed by atoms with van der Waals surface area (Å²) in [4.78, 5) is 21.2. The lowest BCUT2D eigenvalue weighted by molar-refractivity contribution is -0.140. The van der Waals surface area contributed by atoms with Crippen molar-refractivity contribution in [1.29, 1.82) is 0 Å². The van der Waals surface area contributed by atoms with Crippen LogP contribution in [0, 0.1) is 5.92 Å². The standard InChI is InChI=1S/C8H14N2O3/c1-5(8(12)13)3-9-6-2-7(11)10-4-6/h5-6,9H,2-4H2,1H3,(H,10,11)(H,12,13). The Morgan fingerprint density at radius 3 is 3.00 bits per heavy atom. The Kier molecular flexibility index (Phi) is 3.25. The van der Waals surface area contributed by atoms with E-state index in [4.69, 9.17) is 5.11 Å². The number of carboxylic acid groups (broad SMARTS) is 1. The Bertz CT molecular complexity index is 217. The van der Waals surface area contributed by atoms with Crippen molar-refractivity contribution >= 4 is 11.9 Å². The van der Waals surface area contributed by atoms with Crippen LogP contribution in [0.1, 0.15) is 13.3 Å². The summed E-state index contributed by atoms with van der Waals surface area (Å²) in [6, 6.07) is 0.0919. The average molecular weight is 186 g/mol. The zero-order chi connectivity index (χ0) is 9.84. The highest BCUT2D eigenvalue weighted by molar-refractivity contribution is 5.78. The number of rotatable bonds is 4. The molecule has 1 rings (SSSR count). The molecule has 0 radical (unpaired) electrons. The molecule has 1 amide bonds. The highest BCUT2D eigenvalue weighted by Crippen LogP contribution is 2.00. The van der Waals surface area contributed by atoms with E-state index in [0.29, 0.717) is 19.5 Å². The second-order valence-electron chi connectivity index (χ2n) is 3.35. The van der Waals surface area contributed by atoms with E-state index in [-0.39, 0.29) is 11.9 Å². The molecule has 1 saturated heterocycles. The normalized spacial score (nSPS) is 24.1. The van der Waals surface area contributed by atoms with Crippen LogP contribution in [0.15, 0.2) is 0 Å². The number of carbonyl (C=O) groups excluding carboxylic acids is 1. The molecule has 1 fully saturated rings. The van der Waals surface area contributed by atoms with Crippen LogP contribution in [0.3, 0.4) is 0 Å².